The van der Waals surface area contributed by atoms with Gasteiger partial charge in [-0.3, -0.25) is 0 Å². The second-order valence-electron chi connectivity index (χ2n) is 5.78. The molecular weight excluding hydrogens is 316 g/mol. The van der Waals surface area contributed by atoms with Crippen molar-refractivity contribution in [2.45, 2.75) is 0 Å². The van der Waals surface area contributed by atoms with Crippen LogP contribution in [0.15, 0.2) is 65.4 Å². The second-order valence-corrected chi connectivity index (χ2v) is 5.78. The maximum absolute atomic E-state index is 12.2. The first kappa shape index (κ1) is 15.2. The third kappa shape index (κ3) is 2.70. The van der Waals surface area contributed by atoms with Crippen molar-refractivity contribution in [1.29, 1.82) is 0 Å². The SMILES string of the molecule is COc1ccc(C2=N/C(=C/c3cn(C)c4ccccc34)C(=O)O2)cc1. The molecule has 0 atom stereocenters. The molecule has 4 rings (SSSR count). The van der Waals surface area contributed by atoms with Gasteiger partial charge in [0.1, 0.15) is 5.75 Å². The van der Waals surface area contributed by atoms with Crippen molar-refractivity contribution in [3.05, 3.63) is 71.6 Å². The Morgan fingerprint density at radius 3 is 2.64 bits per heavy atom. The number of esters is 1. The van der Waals surface area contributed by atoms with E-state index >= 15 is 0 Å². The van der Waals surface area contributed by atoms with Gasteiger partial charge in [-0.05, 0) is 36.4 Å². The van der Waals surface area contributed by atoms with Crippen LogP contribution in [0.3, 0.4) is 0 Å². The Labute approximate surface area is 144 Å². The van der Waals surface area contributed by atoms with Gasteiger partial charge in [0.25, 0.3) is 0 Å². The molecule has 2 heterocycles. The van der Waals surface area contributed by atoms with Crippen LogP contribution < -0.4 is 4.74 Å². The van der Waals surface area contributed by atoms with Gasteiger partial charge in [-0.2, -0.15) is 0 Å². The zero-order valence-corrected chi connectivity index (χ0v) is 13.9. The summed E-state index contributed by atoms with van der Waals surface area (Å²) in [4.78, 5) is 16.6. The standard InChI is InChI=1S/C20H16N2O3/c1-22-12-14(16-5-3-4-6-18(16)22)11-17-20(23)25-19(21-17)13-7-9-15(24-2)10-8-13/h3-12H,1-2H3/b17-11+. The van der Waals surface area contributed by atoms with Crippen molar-refractivity contribution in [2.24, 2.45) is 12.0 Å². The first-order valence-electron chi connectivity index (χ1n) is 7.87. The van der Waals surface area contributed by atoms with Crippen LogP contribution in [0.25, 0.3) is 17.0 Å². The lowest BCUT2D eigenvalue weighted by Crippen LogP contribution is -2.05. The van der Waals surface area contributed by atoms with E-state index < -0.39 is 5.97 Å². The number of para-hydroxylation sites is 1. The lowest BCUT2D eigenvalue weighted by atomic mass is 10.1. The average molecular weight is 332 g/mol. The summed E-state index contributed by atoms with van der Waals surface area (Å²) in [7, 11) is 3.58. The highest BCUT2D eigenvalue weighted by molar-refractivity contribution is 6.13. The highest BCUT2D eigenvalue weighted by Gasteiger charge is 2.24. The van der Waals surface area contributed by atoms with E-state index in [-0.39, 0.29) is 0 Å². The van der Waals surface area contributed by atoms with Gasteiger partial charge in [0.2, 0.25) is 5.90 Å². The summed E-state index contributed by atoms with van der Waals surface area (Å²) >= 11 is 0. The van der Waals surface area contributed by atoms with E-state index in [1.165, 1.54) is 0 Å². The summed E-state index contributed by atoms with van der Waals surface area (Å²) in [6.45, 7) is 0. The summed E-state index contributed by atoms with van der Waals surface area (Å²) in [5, 5.41) is 1.07. The number of benzene rings is 2. The highest BCUT2D eigenvalue weighted by atomic mass is 16.6. The summed E-state index contributed by atoms with van der Waals surface area (Å²) in [5.74, 6) is 0.595. The first-order chi connectivity index (χ1) is 12.2. The summed E-state index contributed by atoms with van der Waals surface area (Å²) in [6.07, 6.45) is 3.74. The maximum Gasteiger partial charge on any atom is 0.363 e. The topological polar surface area (TPSA) is 52.8 Å². The molecule has 5 heteroatoms. The number of rotatable bonds is 3. The minimum Gasteiger partial charge on any atom is -0.497 e. The molecule has 1 aliphatic rings. The Hall–Kier alpha value is -3.34. The summed E-state index contributed by atoms with van der Waals surface area (Å²) in [6, 6.07) is 15.3. The third-order valence-corrected chi connectivity index (χ3v) is 4.18. The normalized spacial score (nSPS) is 15.5. The summed E-state index contributed by atoms with van der Waals surface area (Å²) in [5.41, 5.74) is 3.06. The van der Waals surface area contributed by atoms with Gasteiger partial charge in [-0.1, -0.05) is 18.2 Å². The van der Waals surface area contributed by atoms with E-state index in [4.69, 9.17) is 9.47 Å². The minimum atomic E-state index is -0.446. The third-order valence-electron chi connectivity index (χ3n) is 4.18. The Morgan fingerprint density at radius 1 is 1.12 bits per heavy atom. The van der Waals surface area contributed by atoms with Gasteiger partial charge in [-0.15, -0.1) is 0 Å². The Morgan fingerprint density at radius 2 is 1.88 bits per heavy atom. The number of aryl methyl sites for hydroxylation is 1. The Kier molecular flexibility index (Phi) is 3.61. The van der Waals surface area contributed by atoms with Crippen LogP contribution in [-0.2, 0) is 16.6 Å². The number of methoxy groups -OCH3 is 1. The van der Waals surface area contributed by atoms with E-state index in [0.29, 0.717) is 11.6 Å². The fourth-order valence-electron chi connectivity index (χ4n) is 2.90. The zero-order valence-electron chi connectivity index (χ0n) is 13.9. The highest BCUT2D eigenvalue weighted by Crippen LogP contribution is 2.25. The number of cyclic esters (lactones) is 1. The smallest absolute Gasteiger partial charge is 0.363 e. The Bertz CT molecular complexity index is 1030. The lowest BCUT2D eigenvalue weighted by molar-refractivity contribution is -0.129. The number of carbonyl (C=O) groups excluding carboxylic acids is 1. The molecule has 1 aromatic heterocycles. The zero-order chi connectivity index (χ0) is 17.4. The first-order valence-corrected chi connectivity index (χ1v) is 7.87. The van der Waals surface area contributed by atoms with Crippen molar-refractivity contribution < 1.29 is 14.3 Å². The van der Waals surface area contributed by atoms with E-state index in [1.54, 1.807) is 25.3 Å². The van der Waals surface area contributed by atoms with Crippen molar-refractivity contribution in [1.82, 2.24) is 4.57 Å². The minimum absolute atomic E-state index is 0.294. The van der Waals surface area contributed by atoms with Crippen LogP contribution in [-0.4, -0.2) is 23.5 Å². The fourth-order valence-corrected chi connectivity index (χ4v) is 2.90. The van der Waals surface area contributed by atoms with Gasteiger partial charge >= 0.3 is 5.97 Å². The fraction of sp³-hybridized carbons (Fsp3) is 0.100. The molecule has 3 aromatic rings. The maximum atomic E-state index is 12.2. The molecule has 0 fully saturated rings. The lowest BCUT2D eigenvalue weighted by Gasteiger charge is -2.01. The molecule has 5 nitrogen and oxygen atoms in total. The molecule has 0 spiro atoms. The van der Waals surface area contributed by atoms with Gasteiger partial charge in [0.05, 0.1) is 7.11 Å². The van der Waals surface area contributed by atoms with Crippen LogP contribution in [0.4, 0.5) is 0 Å². The summed E-state index contributed by atoms with van der Waals surface area (Å²) < 4.78 is 12.5. The molecule has 0 saturated heterocycles. The van der Waals surface area contributed by atoms with E-state index in [1.807, 2.05) is 54.2 Å². The van der Waals surface area contributed by atoms with Crippen molar-refractivity contribution in [3.8, 4) is 5.75 Å². The molecule has 0 bridgehead atoms. The number of hydrogen-bond donors (Lipinski definition) is 0. The monoisotopic (exact) mass is 332 g/mol. The molecule has 0 radical (unpaired) electrons. The molecule has 2 aromatic carbocycles. The van der Waals surface area contributed by atoms with E-state index in [2.05, 4.69) is 4.99 Å². The second kappa shape index (κ2) is 5.94. The van der Waals surface area contributed by atoms with Gasteiger partial charge in [0, 0.05) is 35.3 Å². The average Bonchev–Trinajstić information content (AvgIpc) is 3.16. The van der Waals surface area contributed by atoms with E-state index in [9.17, 15) is 4.79 Å². The van der Waals surface area contributed by atoms with Crippen LogP contribution in [0.1, 0.15) is 11.1 Å². The molecule has 0 amide bonds. The molecule has 1 aliphatic heterocycles. The molecule has 0 aliphatic carbocycles. The predicted molar refractivity (Wildman–Crippen MR) is 96.5 cm³/mol. The molecular formula is C20H16N2O3. The van der Waals surface area contributed by atoms with Crippen LogP contribution >= 0.6 is 0 Å². The molecule has 124 valence electrons. The van der Waals surface area contributed by atoms with Gasteiger partial charge in [0.15, 0.2) is 5.70 Å². The number of fused-ring (bicyclic) bond motifs is 1. The Balaban J connectivity index is 1.72. The van der Waals surface area contributed by atoms with Crippen LogP contribution in [0.2, 0.25) is 0 Å². The van der Waals surface area contributed by atoms with Crippen molar-refractivity contribution in [2.75, 3.05) is 7.11 Å². The number of aromatic nitrogens is 1. The van der Waals surface area contributed by atoms with E-state index in [0.717, 1.165) is 27.8 Å². The molecule has 0 saturated carbocycles. The van der Waals surface area contributed by atoms with Crippen LogP contribution in [0, 0.1) is 0 Å². The van der Waals surface area contributed by atoms with Crippen LogP contribution in [0.5, 0.6) is 5.75 Å². The molecule has 25 heavy (non-hydrogen) atoms. The largest absolute Gasteiger partial charge is 0.497 e. The quantitative estimate of drug-likeness (QED) is 0.544. The van der Waals surface area contributed by atoms with Crippen molar-refractivity contribution >= 4 is 28.8 Å². The molecule has 0 unspecified atom stereocenters. The van der Waals surface area contributed by atoms with Crippen molar-refractivity contribution in [3.63, 3.8) is 0 Å². The van der Waals surface area contributed by atoms with Gasteiger partial charge < -0.3 is 14.0 Å². The van der Waals surface area contributed by atoms with Gasteiger partial charge in [-0.25, -0.2) is 9.79 Å². The number of carbonyl (C=O) groups is 1. The number of ether oxygens (including phenoxy) is 2. The number of hydrogen-bond acceptors (Lipinski definition) is 4. The molecule has 0 N–H and O–H groups in total. The number of nitrogens with zero attached hydrogens (tertiary/aromatic N) is 2. The predicted octanol–water partition coefficient (Wildman–Crippen LogP) is 3.53. The number of aliphatic imine (C=N–C) groups is 1.